The highest BCUT2D eigenvalue weighted by Gasteiger charge is 2.14. The summed E-state index contributed by atoms with van der Waals surface area (Å²) in [6.45, 7) is 3.66. The van der Waals surface area contributed by atoms with E-state index in [0.717, 1.165) is 0 Å². The minimum atomic E-state index is -0.484. The van der Waals surface area contributed by atoms with Crippen LogP contribution in [0.4, 0.5) is 5.82 Å². The Morgan fingerprint density at radius 1 is 1.18 bits per heavy atom. The molecule has 2 heterocycles. The van der Waals surface area contributed by atoms with Crippen LogP contribution in [0.3, 0.4) is 0 Å². The number of amides is 1. The zero-order valence-electron chi connectivity index (χ0n) is 11.6. The SMILES string of the molecule is CC(C)Oc1ncc(Cl)c(NC(=O)c2cc(Cl)nc(Cl)c2)n1. The summed E-state index contributed by atoms with van der Waals surface area (Å²) in [5.41, 5.74) is 0.228. The minimum Gasteiger partial charge on any atom is -0.461 e. The van der Waals surface area contributed by atoms with Gasteiger partial charge in [-0.25, -0.2) is 9.97 Å². The van der Waals surface area contributed by atoms with E-state index in [0.29, 0.717) is 0 Å². The summed E-state index contributed by atoms with van der Waals surface area (Å²) in [5.74, 6) is -0.358. The van der Waals surface area contributed by atoms with Gasteiger partial charge in [0, 0.05) is 5.56 Å². The van der Waals surface area contributed by atoms with Crippen molar-refractivity contribution in [1.29, 1.82) is 0 Å². The van der Waals surface area contributed by atoms with Crippen molar-refractivity contribution in [2.24, 2.45) is 0 Å². The minimum absolute atomic E-state index is 0.107. The summed E-state index contributed by atoms with van der Waals surface area (Å²) in [6, 6.07) is 2.87. The second-order valence-corrected chi connectivity index (χ2v) is 5.65. The summed E-state index contributed by atoms with van der Waals surface area (Å²) in [4.78, 5) is 23.9. The predicted molar refractivity (Wildman–Crippen MR) is 85.0 cm³/mol. The molecular weight excluding hydrogens is 351 g/mol. The van der Waals surface area contributed by atoms with Gasteiger partial charge in [0.2, 0.25) is 0 Å². The van der Waals surface area contributed by atoms with Gasteiger partial charge in [-0.05, 0) is 26.0 Å². The Bertz CT molecular complexity index is 689. The number of hydrogen-bond donors (Lipinski definition) is 1. The van der Waals surface area contributed by atoms with E-state index < -0.39 is 5.91 Å². The Labute approximate surface area is 141 Å². The Balaban J connectivity index is 2.23. The van der Waals surface area contributed by atoms with Crippen LogP contribution in [0.2, 0.25) is 15.3 Å². The van der Waals surface area contributed by atoms with E-state index in [9.17, 15) is 4.79 Å². The van der Waals surface area contributed by atoms with Gasteiger partial charge in [0.15, 0.2) is 5.82 Å². The van der Waals surface area contributed by atoms with Crippen LogP contribution >= 0.6 is 34.8 Å². The molecule has 2 aromatic heterocycles. The lowest BCUT2D eigenvalue weighted by molar-refractivity contribution is 0.102. The Kier molecular flexibility index (Phi) is 5.39. The Morgan fingerprint density at radius 2 is 1.82 bits per heavy atom. The second-order valence-electron chi connectivity index (χ2n) is 4.47. The lowest BCUT2D eigenvalue weighted by atomic mass is 10.2. The van der Waals surface area contributed by atoms with Crippen molar-refractivity contribution in [2.45, 2.75) is 20.0 Å². The summed E-state index contributed by atoms with van der Waals surface area (Å²) < 4.78 is 5.35. The van der Waals surface area contributed by atoms with Crippen LogP contribution in [-0.2, 0) is 0 Å². The number of ether oxygens (including phenoxy) is 1. The van der Waals surface area contributed by atoms with Gasteiger partial charge in [-0.15, -0.1) is 0 Å². The number of carbonyl (C=O) groups excluding carboxylic acids is 1. The highest BCUT2D eigenvalue weighted by atomic mass is 35.5. The summed E-state index contributed by atoms with van der Waals surface area (Å²) >= 11 is 17.5. The molecule has 6 nitrogen and oxygen atoms in total. The maximum atomic E-state index is 12.2. The number of nitrogens with one attached hydrogen (secondary N) is 1. The quantitative estimate of drug-likeness (QED) is 0.836. The van der Waals surface area contributed by atoms with Crippen molar-refractivity contribution >= 4 is 46.5 Å². The summed E-state index contributed by atoms with van der Waals surface area (Å²) in [7, 11) is 0. The van der Waals surface area contributed by atoms with Crippen LogP contribution < -0.4 is 10.1 Å². The van der Waals surface area contributed by atoms with Crippen LogP contribution in [0.25, 0.3) is 0 Å². The molecule has 0 bridgehead atoms. The van der Waals surface area contributed by atoms with Crippen LogP contribution in [0, 0.1) is 0 Å². The molecule has 9 heteroatoms. The number of nitrogens with zero attached hydrogens (tertiary/aromatic N) is 3. The molecule has 0 aliphatic rings. The van der Waals surface area contributed by atoms with Crippen LogP contribution in [0.1, 0.15) is 24.2 Å². The predicted octanol–water partition coefficient (Wildman–Crippen LogP) is 3.87. The van der Waals surface area contributed by atoms with E-state index in [-0.39, 0.29) is 38.8 Å². The fourth-order valence-electron chi connectivity index (χ4n) is 1.48. The second kappa shape index (κ2) is 7.09. The number of halogens is 3. The smallest absolute Gasteiger partial charge is 0.318 e. The van der Waals surface area contributed by atoms with Crippen LogP contribution in [-0.4, -0.2) is 27.0 Å². The molecule has 0 aliphatic carbocycles. The van der Waals surface area contributed by atoms with Gasteiger partial charge in [0.05, 0.1) is 12.3 Å². The van der Waals surface area contributed by atoms with E-state index in [1.165, 1.54) is 18.3 Å². The van der Waals surface area contributed by atoms with E-state index in [2.05, 4.69) is 20.3 Å². The molecular formula is C13H11Cl3N4O2. The Hall–Kier alpha value is -1.63. The number of anilines is 1. The average Bonchev–Trinajstić information content (AvgIpc) is 2.40. The van der Waals surface area contributed by atoms with Gasteiger partial charge in [-0.3, -0.25) is 4.79 Å². The Morgan fingerprint density at radius 3 is 2.41 bits per heavy atom. The fourth-order valence-corrected chi connectivity index (χ4v) is 2.08. The molecule has 0 fully saturated rings. The first-order valence-corrected chi connectivity index (χ1v) is 7.32. The molecule has 1 amide bonds. The van der Waals surface area contributed by atoms with Crippen molar-refractivity contribution in [1.82, 2.24) is 15.0 Å². The molecule has 0 saturated heterocycles. The molecule has 0 spiro atoms. The largest absolute Gasteiger partial charge is 0.461 e. The van der Waals surface area contributed by atoms with Crippen LogP contribution in [0.5, 0.6) is 6.01 Å². The van der Waals surface area contributed by atoms with Crippen molar-refractivity contribution in [3.63, 3.8) is 0 Å². The first-order valence-electron chi connectivity index (χ1n) is 6.19. The number of pyridine rings is 1. The third-order valence-corrected chi connectivity index (χ3v) is 2.98. The molecule has 0 unspecified atom stereocenters. The molecule has 0 saturated carbocycles. The van der Waals surface area contributed by atoms with Gasteiger partial charge in [0.1, 0.15) is 15.3 Å². The molecule has 22 heavy (non-hydrogen) atoms. The normalized spacial score (nSPS) is 10.6. The number of rotatable bonds is 4. The van der Waals surface area contributed by atoms with E-state index in [4.69, 9.17) is 39.5 Å². The standard InChI is InChI=1S/C13H11Cl3N4O2/c1-6(2)22-13-17-5-8(14)11(20-13)19-12(21)7-3-9(15)18-10(16)4-7/h3-6H,1-2H3,(H,17,19,20,21). The molecule has 0 aliphatic heterocycles. The van der Waals surface area contributed by atoms with Crippen molar-refractivity contribution in [3.05, 3.63) is 39.2 Å². The van der Waals surface area contributed by atoms with Gasteiger partial charge in [0.25, 0.3) is 5.91 Å². The lowest BCUT2D eigenvalue weighted by Gasteiger charge is -2.10. The molecule has 0 atom stereocenters. The third-order valence-electron chi connectivity index (χ3n) is 2.32. The van der Waals surface area contributed by atoms with Crippen molar-refractivity contribution in [3.8, 4) is 6.01 Å². The van der Waals surface area contributed by atoms with E-state index in [1.54, 1.807) is 0 Å². The molecule has 0 aromatic carbocycles. The van der Waals surface area contributed by atoms with Gasteiger partial charge >= 0.3 is 6.01 Å². The van der Waals surface area contributed by atoms with Crippen molar-refractivity contribution < 1.29 is 9.53 Å². The van der Waals surface area contributed by atoms with E-state index >= 15 is 0 Å². The fraction of sp³-hybridized carbons (Fsp3) is 0.231. The van der Waals surface area contributed by atoms with E-state index in [1.807, 2.05) is 13.8 Å². The zero-order chi connectivity index (χ0) is 16.3. The zero-order valence-corrected chi connectivity index (χ0v) is 13.9. The highest BCUT2D eigenvalue weighted by molar-refractivity contribution is 6.34. The summed E-state index contributed by atoms with van der Waals surface area (Å²) in [6.07, 6.45) is 1.23. The highest BCUT2D eigenvalue weighted by Crippen LogP contribution is 2.22. The maximum Gasteiger partial charge on any atom is 0.318 e. The third kappa shape index (κ3) is 4.43. The molecule has 116 valence electrons. The van der Waals surface area contributed by atoms with Crippen molar-refractivity contribution in [2.75, 3.05) is 5.32 Å². The molecule has 0 radical (unpaired) electrons. The maximum absolute atomic E-state index is 12.2. The van der Waals surface area contributed by atoms with Crippen LogP contribution in [0.15, 0.2) is 18.3 Å². The monoisotopic (exact) mass is 360 g/mol. The first kappa shape index (κ1) is 16.7. The number of aromatic nitrogens is 3. The average molecular weight is 362 g/mol. The van der Waals surface area contributed by atoms with Gasteiger partial charge < -0.3 is 10.1 Å². The topological polar surface area (TPSA) is 77.0 Å². The lowest BCUT2D eigenvalue weighted by Crippen LogP contribution is -2.15. The molecule has 1 N–H and O–H groups in total. The number of carbonyl (C=O) groups is 1. The van der Waals surface area contributed by atoms with Gasteiger partial charge in [-0.1, -0.05) is 34.8 Å². The first-order chi connectivity index (χ1) is 10.3. The molecule has 2 rings (SSSR count). The molecule has 2 aromatic rings. The summed E-state index contributed by atoms with van der Waals surface area (Å²) in [5, 5.41) is 2.94. The van der Waals surface area contributed by atoms with Gasteiger partial charge in [-0.2, -0.15) is 4.98 Å². The number of hydrogen-bond acceptors (Lipinski definition) is 5.